The summed E-state index contributed by atoms with van der Waals surface area (Å²) in [5.74, 6) is 1.73. The van der Waals surface area contributed by atoms with Crippen molar-refractivity contribution in [2.24, 2.45) is 0 Å². The number of carbonyl (C=O) groups is 1. The van der Waals surface area contributed by atoms with Gasteiger partial charge in [-0.1, -0.05) is 6.07 Å². The number of rotatable bonds is 7. The largest absolute Gasteiger partial charge is 0.493 e. The highest BCUT2D eigenvalue weighted by molar-refractivity contribution is 7.91. The molecule has 1 unspecified atom stereocenters. The Morgan fingerprint density at radius 1 is 1.28 bits per heavy atom. The van der Waals surface area contributed by atoms with Crippen LogP contribution in [0.1, 0.15) is 6.42 Å². The lowest BCUT2D eigenvalue weighted by Gasteiger charge is -2.23. The van der Waals surface area contributed by atoms with E-state index in [0.717, 1.165) is 0 Å². The summed E-state index contributed by atoms with van der Waals surface area (Å²) < 4.78 is 39.1. The van der Waals surface area contributed by atoms with Crippen LogP contribution in [-0.2, 0) is 9.84 Å². The van der Waals surface area contributed by atoms with E-state index in [1.165, 1.54) is 12.0 Å². The SMILES string of the molecule is COc1cccc(OCCNC(=O)N(C)C2CCS(=O)(=O)C2)c1OC. The van der Waals surface area contributed by atoms with Gasteiger partial charge in [-0.2, -0.15) is 0 Å². The van der Waals surface area contributed by atoms with Crippen molar-refractivity contribution in [3.63, 3.8) is 0 Å². The smallest absolute Gasteiger partial charge is 0.317 e. The van der Waals surface area contributed by atoms with E-state index in [9.17, 15) is 13.2 Å². The molecule has 1 aromatic carbocycles. The molecule has 2 rings (SSSR count). The molecule has 9 heteroatoms. The van der Waals surface area contributed by atoms with Gasteiger partial charge >= 0.3 is 6.03 Å². The van der Waals surface area contributed by atoms with Crippen molar-refractivity contribution in [1.29, 1.82) is 0 Å². The minimum absolute atomic E-state index is 0.0223. The highest BCUT2D eigenvalue weighted by Crippen LogP contribution is 2.36. The lowest BCUT2D eigenvalue weighted by molar-refractivity contribution is 0.191. The van der Waals surface area contributed by atoms with Gasteiger partial charge < -0.3 is 24.4 Å². The Balaban J connectivity index is 1.80. The fourth-order valence-corrected chi connectivity index (χ4v) is 4.44. The number of para-hydroxylation sites is 1. The van der Waals surface area contributed by atoms with Gasteiger partial charge in [-0.3, -0.25) is 0 Å². The third-order valence-corrected chi connectivity index (χ3v) is 5.83. The zero-order valence-corrected chi connectivity index (χ0v) is 15.5. The van der Waals surface area contributed by atoms with Crippen molar-refractivity contribution in [3.8, 4) is 17.2 Å². The molecule has 1 N–H and O–H groups in total. The summed E-state index contributed by atoms with van der Waals surface area (Å²) in [6.07, 6.45) is 0.476. The van der Waals surface area contributed by atoms with Crippen molar-refractivity contribution in [1.82, 2.24) is 10.2 Å². The second-order valence-corrected chi connectivity index (χ2v) is 7.97. The van der Waals surface area contributed by atoms with E-state index in [4.69, 9.17) is 14.2 Å². The summed E-state index contributed by atoms with van der Waals surface area (Å²) in [6, 6.07) is 4.70. The van der Waals surface area contributed by atoms with Crippen LogP contribution >= 0.6 is 0 Å². The van der Waals surface area contributed by atoms with Crippen LogP contribution in [0.15, 0.2) is 18.2 Å². The van der Waals surface area contributed by atoms with Gasteiger partial charge in [0.15, 0.2) is 21.3 Å². The zero-order valence-electron chi connectivity index (χ0n) is 14.6. The first kappa shape index (κ1) is 19.2. The molecule has 140 valence electrons. The number of ether oxygens (including phenoxy) is 3. The maximum absolute atomic E-state index is 12.1. The summed E-state index contributed by atoms with van der Waals surface area (Å²) in [4.78, 5) is 13.5. The van der Waals surface area contributed by atoms with Gasteiger partial charge in [-0.15, -0.1) is 0 Å². The van der Waals surface area contributed by atoms with Crippen molar-refractivity contribution >= 4 is 15.9 Å². The summed E-state index contributed by atoms with van der Waals surface area (Å²) in [5.41, 5.74) is 0. The Morgan fingerprint density at radius 2 is 2.00 bits per heavy atom. The first-order valence-corrected chi connectivity index (χ1v) is 9.75. The number of hydrogen-bond donors (Lipinski definition) is 1. The van der Waals surface area contributed by atoms with Crippen molar-refractivity contribution < 1.29 is 27.4 Å². The quantitative estimate of drug-likeness (QED) is 0.715. The normalized spacial score (nSPS) is 18.4. The fourth-order valence-electron chi connectivity index (χ4n) is 2.66. The van der Waals surface area contributed by atoms with Crippen LogP contribution in [0, 0.1) is 0 Å². The Labute approximate surface area is 148 Å². The van der Waals surface area contributed by atoms with Gasteiger partial charge in [0, 0.05) is 13.1 Å². The lowest BCUT2D eigenvalue weighted by atomic mass is 10.2. The van der Waals surface area contributed by atoms with Gasteiger partial charge in [-0.05, 0) is 18.6 Å². The average Bonchev–Trinajstić information content (AvgIpc) is 2.97. The van der Waals surface area contributed by atoms with Gasteiger partial charge in [0.2, 0.25) is 5.75 Å². The van der Waals surface area contributed by atoms with E-state index in [1.54, 1.807) is 32.4 Å². The number of amides is 2. The molecule has 1 aliphatic heterocycles. The molecular weight excluding hydrogens is 348 g/mol. The van der Waals surface area contributed by atoms with E-state index < -0.39 is 9.84 Å². The lowest BCUT2D eigenvalue weighted by Crippen LogP contribution is -2.45. The molecule has 1 heterocycles. The predicted octanol–water partition coefficient (Wildman–Crippen LogP) is 0.911. The van der Waals surface area contributed by atoms with Crippen molar-refractivity contribution in [3.05, 3.63) is 18.2 Å². The average molecular weight is 372 g/mol. The van der Waals surface area contributed by atoms with E-state index in [2.05, 4.69) is 5.32 Å². The Bertz CT molecular complexity index is 707. The highest BCUT2D eigenvalue weighted by Gasteiger charge is 2.32. The molecule has 25 heavy (non-hydrogen) atoms. The molecule has 0 aliphatic carbocycles. The molecule has 1 fully saturated rings. The molecule has 2 amide bonds. The summed E-state index contributed by atoms with van der Waals surface area (Å²) >= 11 is 0. The van der Waals surface area contributed by atoms with Crippen LogP contribution < -0.4 is 19.5 Å². The first-order chi connectivity index (χ1) is 11.9. The molecule has 0 saturated carbocycles. The monoisotopic (exact) mass is 372 g/mol. The highest BCUT2D eigenvalue weighted by atomic mass is 32.2. The number of methoxy groups -OCH3 is 2. The minimum Gasteiger partial charge on any atom is -0.493 e. The third-order valence-electron chi connectivity index (χ3n) is 4.08. The summed E-state index contributed by atoms with van der Waals surface area (Å²) in [6.45, 7) is 0.523. The molecule has 1 saturated heterocycles. The van der Waals surface area contributed by atoms with Crippen LogP contribution in [0.25, 0.3) is 0 Å². The zero-order chi connectivity index (χ0) is 18.4. The van der Waals surface area contributed by atoms with E-state index >= 15 is 0 Å². The van der Waals surface area contributed by atoms with Gasteiger partial charge in [0.25, 0.3) is 0 Å². The fraction of sp³-hybridized carbons (Fsp3) is 0.562. The van der Waals surface area contributed by atoms with E-state index in [-0.39, 0.29) is 36.7 Å². The van der Waals surface area contributed by atoms with E-state index in [0.29, 0.717) is 23.7 Å². The number of hydrogen-bond acceptors (Lipinski definition) is 6. The van der Waals surface area contributed by atoms with Crippen LogP contribution in [0.3, 0.4) is 0 Å². The number of nitrogens with zero attached hydrogens (tertiary/aromatic N) is 1. The molecule has 8 nitrogen and oxygen atoms in total. The Hall–Kier alpha value is -2.16. The van der Waals surface area contributed by atoms with E-state index in [1.807, 2.05) is 0 Å². The van der Waals surface area contributed by atoms with Gasteiger partial charge in [0.05, 0.1) is 32.3 Å². The van der Waals surface area contributed by atoms with Crippen molar-refractivity contribution in [2.75, 3.05) is 45.9 Å². The molecule has 0 radical (unpaired) electrons. The standard InChI is InChI=1S/C16H24N2O6S/c1-18(12-7-10-25(20,21)11-12)16(19)17-8-9-24-14-6-4-5-13(22-2)15(14)23-3/h4-6,12H,7-11H2,1-3H3,(H,17,19). The van der Waals surface area contributed by atoms with Crippen LogP contribution in [0.5, 0.6) is 17.2 Å². The summed E-state index contributed by atoms with van der Waals surface area (Å²) in [7, 11) is 1.65. The maximum atomic E-state index is 12.1. The molecule has 0 spiro atoms. The second kappa shape index (κ2) is 8.28. The first-order valence-electron chi connectivity index (χ1n) is 7.93. The molecule has 0 bridgehead atoms. The Kier molecular flexibility index (Phi) is 6.35. The number of carbonyl (C=O) groups excluding carboxylic acids is 1. The molecule has 0 aromatic heterocycles. The number of nitrogens with one attached hydrogen (secondary N) is 1. The van der Waals surface area contributed by atoms with Crippen LogP contribution in [-0.4, -0.2) is 71.3 Å². The van der Waals surface area contributed by atoms with Crippen molar-refractivity contribution in [2.45, 2.75) is 12.5 Å². The summed E-state index contributed by atoms with van der Waals surface area (Å²) in [5, 5.41) is 2.72. The topological polar surface area (TPSA) is 94.2 Å². The Morgan fingerprint density at radius 3 is 2.60 bits per heavy atom. The number of urea groups is 1. The predicted molar refractivity (Wildman–Crippen MR) is 93.3 cm³/mol. The van der Waals surface area contributed by atoms with Crippen LogP contribution in [0.4, 0.5) is 4.79 Å². The maximum Gasteiger partial charge on any atom is 0.317 e. The number of benzene rings is 1. The second-order valence-electron chi connectivity index (χ2n) is 5.74. The van der Waals surface area contributed by atoms with Crippen LogP contribution in [0.2, 0.25) is 0 Å². The molecule has 1 aliphatic rings. The van der Waals surface area contributed by atoms with Gasteiger partial charge in [-0.25, -0.2) is 13.2 Å². The third kappa shape index (κ3) is 4.91. The molecular formula is C16H24N2O6S. The van der Waals surface area contributed by atoms with Gasteiger partial charge in [0.1, 0.15) is 6.61 Å². The number of sulfone groups is 1. The molecule has 1 aromatic rings. The molecule has 1 atom stereocenters. The minimum atomic E-state index is -3.02.